The van der Waals surface area contributed by atoms with Crippen LogP contribution >= 0.6 is 0 Å². The number of benzene rings is 2. The van der Waals surface area contributed by atoms with Crippen molar-refractivity contribution >= 4 is 0 Å². The highest BCUT2D eigenvalue weighted by Gasteiger charge is 2.41. The van der Waals surface area contributed by atoms with E-state index >= 15 is 0 Å². The van der Waals surface area contributed by atoms with E-state index in [9.17, 15) is 0 Å². The van der Waals surface area contributed by atoms with E-state index in [4.69, 9.17) is 0 Å². The van der Waals surface area contributed by atoms with Gasteiger partial charge in [-0.15, -0.1) is 0 Å². The largest absolute Gasteiger partial charge is 0.258 e. The number of aromatic nitrogens is 2. The zero-order chi connectivity index (χ0) is 31.8. The molecule has 0 amide bonds. The molecule has 0 spiro atoms. The molecular weight excluding hydrogens is 544 g/mol. The summed E-state index contributed by atoms with van der Waals surface area (Å²) in [6, 6.07) is 22.6. The van der Waals surface area contributed by atoms with Crippen LogP contribution in [0.3, 0.4) is 0 Å². The Morgan fingerprint density at radius 2 is 1.04 bits per heavy atom. The number of rotatable bonds is 27. The van der Waals surface area contributed by atoms with Gasteiger partial charge >= 0.3 is 0 Å². The Morgan fingerprint density at radius 3 is 1.58 bits per heavy atom. The van der Waals surface area contributed by atoms with Gasteiger partial charge in [0.1, 0.15) is 12.4 Å². The Balaban J connectivity index is 1.66. The van der Waals surface area contributed by atoms with Crippen LogP contribution in [0.4, 0.5) is 0 Å². The lowest BCUT2D eigenvalue weighted by molar-refractivity contribution is -0.705. The quantitative estimate of drug-likeness (QED) is 0.0652. The zero-order valence-corrected chi connectivity index (χ0v) is 29.7. The topological polar surface area (TPSA) is 19.7 Å². The van der Waals surface area contributed by atoms with Crippen LogP contribution in [-0.4, -0.2) is 4.98 Å². The Morgan fingerprint density at radius 1 is 0.578 bits per heavy atom. The lowest BCUT2D eigenvalue weighted by Gasteiger charge is -2.37. The summed E-state index contributed by atoms with van der Waals surface area (Å²) in [4.78, 5) is 3.80. The van der Waals surface area contributed by atoms with Gasteiger partial charge in [0.25, 0.3) is 5.82 Å². The van der Waals surface area contributed by atoms with Crippen molar-refractivity contribution in [2.45, 2.75) is 180 Å². The number of unbranched alkanes of at least 4 members (excludes halogenated alkanes) is 18. The number of aryl methyl sites for hydroxylation is 1. The Kier molecular flexibility index (Phi) is 19.0. The van der Waals surface area contributed by atoms with Gasteiger partial charge in [-0.2, -0.15) is 0 Å². The second-order valence-corrected chi connectivity index (χ2v) is 14.2. The van der Waals surface area contributed by atoms with Crippen LogP contribution < -0.4 is 4.57 Å². The van der Waals surface area contributed by atoms with E-state index in [2.05, 4.69) is 103 Å². The van der Waals surface area contributed by atoms with Crippen LogP contribution in [0.5, 0.6) is 0 Å². The number of aromatic amines is 1. The van der Waals surface area contributed by atoms with E-state index in [1.807, 2.05) is 0 Å². The Hall–Kier alpha value is -2.35. The number of nitrogens with one attached hydrogen (secondary N) is 1. The van der Waals surface area contributed by atoms with Crippen LogP contribution in [0, 0.1) is 0 Å². The fourth-order valence-electron chi connectivity index (χ4n) is 7.50. The minimum absolute atomic E-state index is 0.00615. The van der Waals surface area contributed by atoms with Crippen LogP contribution in [0.1, 0.15) is 178 Å². The molecule has 0 fully saturated rings. The van der Waals surface area contributed by atoms with Crippen molar-refractivity contribution in [2.75, 3.05) is 0 Å². The van der Waals surface area contributed by atoms with Crippen molar-refractivity contribution in [3.8, 4) is 0 Å². The maximum Gasteiger partial charge on any atom is 0.258 e. The van der Waals surface area contributed by atoms with Crippen LogP contribution in [0.15, 0.2) is 73.1 Å². The van der Waals surface area contributed by atoms with Crippen LogP contribution in [0.25, 0.3) is 0 Å². The number of nitrogens with zero attached hydrogens (tertiary/aromatic N) is 1. The molecule has 0 saturated heterocycles. The first-order valence-electron chi connectivity index (χ1n) is 19.3. The molecule has 0 radical (unpaired) electrons. The highest BCUT2D eigenvalue weighted by atomic mass is 15.1. The zero-order valence-electron chi connectivity index (χ0n) is 29.7. The molecule has 3 rings (SSSR count). The molecule has 2 unspecified atom stereocenters. The third-order valence-corrected chi connectivity index (χ3v) is 10.3. The number of hydrogen-bond donors (Lipinski definition) is 1. The summed E-state index contributed by atoms with van der Waals surface area (Å²) >= 11 is 0. The van der Waals surface area contributed by atoms with Gasteiger partial charge in [-0.3, -0.25) is 0 Å². The van der Waals surface area contributed by atoms with Crippen molar-refractivity contribution in [1.29, 1.82) is 0 Å². The Labute approximate surface area is 278 Å². The van der Waals surface area contributed by atoms with E-state index in [0.717, 1.165) is 13.0 Å². The molecule has 1 heterocycles. The molecule has 2 nitrogen and oxygen atoms in total. The molecule has 2 atom stereocenters. The van der Waals surface area contributed by atoms with E-state index in [1.54, 1.807) is 0 Å². The summed E-state index contributed by atoms with van der Waals surface area (Å²) in [6.07, 6.45) is 34.5. The highest BCUT2D eigenvalue weighted by molar-refractivity contribution is 5.32. The Bertz CT molecular complexity index is 1090. The predicted octanol–water partition coefficient (Wildman–Crippen LogP) is 12.8. The number of hydrogen-bond acceptors (Lipinski definition) is 0. The molecule has 0 saturated carbocycles. The third kappa shape index (κ3) is 13.9. The standard InChI is InChI=1S/C43H68N2/c1-4-6-8-10-12-14-15-16-18-20-28-34-41(42-44-35-37-45(42)36-29-21-19-17-13-11-9-7-5-2)43(3,40-32-26-23-27-33-40)38-39-30-24-22-25-31-39/h22-27,30-33,35,37,41H,4-21,28-29,34,36,38H2,1-3H3/p+1. The first-order valence-corrected chi connectivity index (χ1v) is 19.3. The summed E-state index contributed by atoms with van der Waals surface area (Å²) in [6.45, 7) is 8.28. The normalized spacial score (nSPS) is 13.6. The summed E-state index contributed by atoms with van der Waals surface area (Å²) in [7, 11) is 0. The van der Waals surface area contributed by atoms with Crippen LogP contribution in [-0.2, 0) is 18.4 Å². The average Bonchev–Trinajstić information content (AvgIpc) is 3.53. The molecule has 0 aliphatic rings. The molecule has 250 valence electrons. The molecule has 1 N–H and O–H groups in total. The average molecular weight is 614 g/mol. The third-order valence-electron chi connectivity index (χ3n) is 10.3. The first kappa shape index (κ1) is 37.1. The summed E-state index contributed by atoms with van der Waals surface area (Å²) in [5, 5.41) is 0. The van der Waals surface area contributed by atoms with E-state index in [-0.39, 0.29) is 5.41 Å². The fraction of sp³-hybridized carbons (Fsp3) is 0.651. The molecule has 2 heteroatoms. The molecule has 45 heavy (non-hydrogen) atoms. The second kappa shape index (κ2) is 23.0. The van der Waals surface area contributed by atoms with Gasteiger partial charge in [0.2, 0.25) is 0 Å². The summed E-state index contributed by atoms with van der Waals surface area (Å²) < 4.78 is 2.58. The SMILES string of the molecule is CCCCCCCCCCCCCC(c1[nH]cc[n+]1CCCCCCCCCCC)C(C)(Cc1ccccc1)c1ccccc1. The van der Waals surface area contributed by atoms with Gasteiger partial charge in [0, 0.05) is 5.41 Å². The van der Waals surface area contributed by atoms with Gasteiger partial charge in [0.15, 0.2) is 0 Å². The van der Waals surface area contributed by atoms with Crippen molar-refractivity contribution < 1.29 is 4.57 Å². The maximum atomic E-state index is 3.80. The smallest absolute Gasteiger partial charge is 0.247 e. The fourth-order valence-corrected chi connectivity index (χ4v) is 7.50. The first-order chi connectivity index (χ1) is 22.2. The van der Waals surface area contributed by atoms with E-state index < -0.39 is 0 Å². The van der Waals surface area contributed by atoms with E-state index in [0.29, 0.717) is 5.92 Å². The molecular formula is C43H69N2+. The molecule has 1 aromatic heterocycles. The van der Waals surface area contributed by atoms with Gasteiger partial charge in [-0.25, -0.2) is 9.55 Å². The second-order valence-electron chi connectivity index (χ2n) is 14.2. The lowest BCUT2D eigenvalue weighted by Crippen LogP contribution is -2.43. The van der Waals surface area contributed by atoms with Crippen molar-refractivity contribution in [3.63, 3.8) is 0 Å². The number of H-pyrrole nitrogens is 1. The van der Waals surface area contributed by atoms with Crippen LogP contribution in [0.2, 0.25) is 0 Å². The molecule has 0 aliphatic heterocycles. The van der Waals surface area contributed by atoms with E-state index in [1.165, 1.54) is 152 Å². The van der Waals surface area contributed by atoms with Gasteiger partial charge in [0.05, 0.1) is 12.5 Å². The molecule has 0 bridgehead atoms. The van der Waals surface area contributed by atoms with Gasteiger partial charge in [-0.1, -0.05) is 197 Å². The van der Waals surface area contributed by atoms with Crippen molar-refractivity contribution in [3.05, 3.63) is 90.0 Å². The molecule has 0 aliphatic carbocycles. The maximum absolute atomic E-state index is 3.80. The number of imidazole rings is 1. The molecule has 2 aromatic carbocycles. The van der Waals surface area contributed by atoms with Crippen molar-refractivity contribution in [2.24, 2.45) is 0 Å². The summed E-state index contributed by atoms with van der Waals surface area (Å²) in [5.41, 5.74) is 2.91. The highest BCUT2D eigenvalue weighted by Crippen LogP contribution is 2.43. The predicted molar refractivity (Wildman–Crippen MR) is 196 cm³/mol. The summed E-state index contributed by atoms with van der Waals surface area (Å²) in [5.74, 6) is 1.87. The monoisotopic (exact) mass is 614 g/mol. The van der Waals surface area contributed by atoms with Gasteiger partial charge in [-0.05, 0) is 36.8 Å². The molecule has 3 aromatic rings. The lowest BCUT2D eigenvalue weighted by atomic mass is 9.66. The minimum Gasteiger partial charge on any atom is -0.247 e. The van der Waals surface area contributed by atoms with Crippen molar-refractivity contribution in [1.82, 2.24) is 4.98 Å². The minimum atomic E-state index is 0.00615. The van der Waals surface area contributed by atoms with Gasteiger partial charge < -0.3 is 0 Å².